The monoisotopic (exact) mass is 534 g/mol. The zero-order valence-corrected chi connectivity index (χ0v) is 20.3. The van der Waals surface area contributed by atoms with Gasteiger partial charge in [0, 0.05) is 36.0 Å². The summed E-state index contributed by atoms with van der Waals surface area (Å²) in [6, 6.07) is 4.43. The number of H-pyrrole nitrogens is 1. The summed E-state index contributed by atoms with van der Waals surface area (Å²) in [6.07, 6.45) is 3.02. The minimum absolute atomic E-state index is 0.0296. The third kappa shape index (κ3) is 5.92. The number of aromatic amines is 1. The van der Waals surface area contributed by atoms with Crippen molar-refractivity contribution in [2.24, 2.45) is 0 Å². The molecule has 0 aliphatic heterocycles. The highest BCUT2D eigenvalue weighted by atomic mass is 35.5. The first-order valence-corrected chi connectivity index (χ1v) is 11.5. The molecule has 0 radical (unpaired) electrons. The van der Waals surface area contributed by atoms with Crippen LogP contribution in [0.3, 0.4) is 0 Å². The standard InChI is InChI=1S/C24H22ClF3N6O3/c1-13(34(5-2-6-35)24(36)32-14-3-4-19(26)18(25)7-14)17-10-29-23(37-11-22-30-12-31-33-22)16-9-21(28)20(27)8-15(16)17/h3-4,7-10,12-13,35H,2,5-6,11H2,1H3,(H,32,36)(H,30,31,33). The zero-order valence-electron chi connectivity index (χ0n) is 19.5. The quantitative estimate of drug-likeness (QED) is 0.279. The van der Waals surface area contributed by atoms with Crippen LogP contribution in [0, 0.1) is 17.5 Å². The summed E-state index contributed by atoms with van der Waals surface area (Å²) >= 11 is 5.82. The number of aliphatic hydroxyl groups excluding tert-OH is 1. The number of nitrogens with one attached hydrogen (secondary N) is 2. The number of anilines is 1. The van der Waals surface area contributed by atoms with E-state index in [-0.39, 0.29) is 53.5 Å². The lowest BCUT2D eigenvalue weighted by Gasteiger charge is -2.30. The van der Waals surface area contributed by atoms with Gasteiger partial charge in [-0.15, -0.1) is 0 Å². The van der Waals surface area contributed by atoms with Crippen LogP contribution in [0.2, 0.25) is 5.02 Å². The number of fused-ring (bicyclic) bond motifs is 1. The molecular weight excluding hydrogens is 513 g/mol. The molecule has 194 valence electrons. The van der Waals surface area contributed by atoms with Gasteiger partial charge in [0.25, 0.3) is 0 Å². The number of benzene rings is 2. The lowest BCUT2D eigenvalue weighted by molar-refractivity contribution is 0.182. The number of rotatable bonds is 9. The molecule has 0 fully saturated rings. The lowest BCUT2D eigenvalue weighted by Crippen LogP contribution is -2.38. The molecule has 0 aliphatic carbocycles. The molecular formula is C24H22ClF3N6O3. The summed E-state index contributed by atoms with van der Waals surface area (Å²) in [5, 5.41) is 18.7. The Morgan fingerprint density at radius 2 is 1.92 bits per heavy atom. The third-order valence-corrected chi connectivity index (χ3v) is 5.92. The Hall–Kier alpha value is -3.90. The average Bonchev–Trinajstić information content (AvgIpc) is 3.39. The smallest absolute Gasteiger partial charge is 0.322 e. The second-order valence-electron chi connectivity index (χ2n) is 8.04. The van der Waals surface area contributed by atoms with E-state index in [1.165, 1.54) is 29.6 Å². The van der Waals surface area contributed by atoms with Crippen molar-refractivity contribution in [2.45, 2.75) is 26.0 Å². The zero-order chi connectivity index (χ0) is 26.5. The van der Waals surface area contributed by atoms with E-state index in [4.69, 9.17) is 16.3 Å². The van der Waals surface area contributed by atoms with Crippen molar-refractivity contribution in [1.82, 2.24) is 25.1 Å². The summed E-state index contributed by atoms with van der Waals surface area (Å²) in [4.78, 5) is 22.8. The molecule has 2 aromatic heterocycles. The van der Waals surface area contributed by atoms with E-state index in [2.05, 4.69) is 25.5 Å². The van der Waals surface area contributed by atoms with Crippen molar-refractivity contribution in [3.05, 3.63) is 76.7 Å². The highest BCUT2D eigenvalue weighted by Gasteiger charge is 2.25. The first-order chi connectivity index (χ1) is 17.8. The molecule has 4 aromatic rings. The van der Waals surface area contributed by atoms with Crippen LogP contribution < -0.4 is 10.1 Å². The van der Waals surface area contributed by atoms with E-state index >= 15 is 0 Å². The summed E-state index contributed by atoms with van der Waals surface area (Å²) in [5.41, 5.74) is 0.661. The predicted molar refractivity (Wildman–Crippen MR) is 130 cm³/mol. The molecule has 0 aliphatic rings. The third-order valence-electron chi connectivity index (χ3n) is 5.63. The number of hydrogen-bond donors (Lipinski definition) is 3. The van der Waals surface area contributed by atoms with Crippen LogP contribution >= 0.6 is 11.6 Å². The van der Waals surface area contributed by atoms with E-state index < -0.39 is 29.5 Å². The van der Waals surface area contributed by atoms with Gasteiger partial charge in [-0.3, -0.25) is 5.10 Å². The molecule has 4 rings (SSSR count). The van der Waals surface area contributed by atoms with Gasteiger partial charge in [-0.1, -0.05) is 11.6 Å². The fourth-order valence-corrected chi connectivity index (χ4v) is 3.95. The summed E-state index contributed by atoms with van der Waals surface area (Å²) in [5.74, 6) is -2.45. The summed E-state index contributed by atoms with van der Waals surface area (Å²) in [7, 11) is 0. The van der Waals surface area contributed by atoms with Crippen molar-refractivity contribution in [2.75, 3.05) is 18.5 Å². The van der Waals surface area contributed by atoms with Crippen molar-refractivity contribution in [1.29, 1.82) is 0 Å². The maximum absolute atomic E-state index is 14.3. The van der Waals surface area contributed by atoms with E-state index in [0.29, 0.717) is 11.4 Å². The van der Waals surface area contributed by atoms with Crippen molar-refractivity contribution in [3.8, 4) is 5.88 Å². The van der Waals surface area contributed by atoms with Gasteiger partial charge < -0.3 is 20.1 Å². The molecule has 1 unspecified atom stereocenters. The maximum atomic E-state index is 14.3. The topological polar surface area (TPSA) is 116 Å². The molecule has 2 heterocycles. The van der Waals surface area contributed by atoms with Gasteiger partial charge in [-0.25, -0.2) is 27.9 Å². The molecule has 9 nitrogen and oxygen atoms in total. The number of carbonyl (C=O) groups is 1. The predicted octanol–water partition coefficient (Wildman–Crippen LogP) is 4.98. The second-order valence-corrected chi connectivity index (χ2v) is 8.45. The molecule has 3 N–H and O–H groups in total. The number of amides is 2. The van der Waals surface area contributed by atoms with Gasteiger partial charge in [0.05, 0.1) is 11.1 Å². The number of aromatic nitrogens is 4. The summed E-state index contributed by atoms with van der Waals surface area (Å²) < 4.78 is 47.7. The number of urea groups is 1. The van der Waals surface area contributed by atoms with Gasteiger partial charge >= 0.3 is 6.03 Å². The number of pyridine rings is 1. The average molecular weight is 535 g/mol. The van der Waals surface area contributed by atoms with Crippen LogP contribution in [-0.2, 0) is 6.61 Å². The highest BCUT2D eigenvalue weighted by molar-refractivity contribution is 6.31. The normalized spacial score (nSPS) is 11.9. The van der Waals surface area contributed by atoms with Crippen LogP contribution in [0.5, 0.6) is 5.88 Å². The van der Waals surface area contributed by atoms with Crippen molar-refractivity contribution < 1.29 is 27.8 Å². The van der Waals surface area contributed by atoms with Gasteiger partial charge in [0.15, 0.2) is 24.1 Å². The Morgan fingerprint density at radius 3 is 2.59 bits per heavy atom. The minimum Gasteiger partial charge on any atom is -0.469 e. The number of ether oxygens (including phenoxy) is 1. The van der Waals surface area contributed by atoms with Crippen LogP contribution in [0.25, 0.3) is 10.8 Å². The molecule has 2 aromatic carbocycles. The highest BCUT2D eigenvalue weighted by Crippen LogP contribution is 2.34. The van der Waals surface area contributed by atoms with E-state index in [0.717, 1.165) is 18.2 Å². The van der Waals surface area contributed by atoms with Crippen molar-refractivity contribution in [3.63, 3.8) is 0 Å². The Labute approximate surface area is 214 Å². The van der Waals surface area contributed by atoms with Gasteiger partial charge in [0.1, 0.15) is 12.1 Å². The Bertz CT molecular complexity index is 1410. The molecule has 0 saturated carbocycles. The van der Waals surface area contributed by atoms with Crippen LogP contribution in [0.1, 0.15) is 30.8 Å². The molecule has 37 heavy (non-hydrogen) atoms. The SMILES string of the molecule is CC(c1cnc(OCc2nc[nH]n2)c2cc(F)c(F)cc12)N(CCCO)C(=O)Nc1ccc(F)c(Cl)c1. The number of hydrogen-bond acceptors (Lipinski definition) is 6. The second kappa shape index (κ2) is 11.4. The van der Waals surface area contributed by atoms with E-state index in [9.17, 15) is 23.1 Å². The number of halogens is 4. The largest absolute Gasteiger partial charge is 0.469 e. The van der Waals surface area contributed by atoms with Crippen LogP contribution in [-0.4, -0.2) is 49.4 Å². The minimum atomic E-state index is -1.09. The molecule has 1 atom stereocenters. The molecule has 0 saturated heterocycles. The van der Waals surface area contributed by atoms with Crippen LogP contribution in [0.4, 0.5) is 23.7 Å². The Balaban J connectivity index is 1.68. The fourth-order valence-electron chi connectivity index (χ4n) is 3.77. The molecule has 2 amide bonds. The molecule has 0 spiro atoms. The van der Waals surface area contributed by atoms with Gasteiger partial charge in [-0.2, -0.15) is 5.10 Å². The Kier molecular flexibility index (Phi) is 8.09. The van der Waals surface area contributed by atoms with E-state index in [1.54, 1.807) is 6.92 Å². The summed E-state index contributed by atoms with van der Waals surface area (Å²) in [6.45, 7) is 1.55. The van der Waals surface area contributed by atoms with Gasteiger partial charge in [-0.05, 0) is 49.1 Å². The van der Waals surface area contributed by atoms with Gasteiger partial charge in [0.2, 0.25) is 5.88 Å². The Morgan fingerprint density at radius 1 is 1.16 bits per heavy atom. The molecule has 0 bridgehead atoms. The fraction of sp³-hybridized carbons (Fsp3) is 0.250. The van der Waals surface area contributed by atoms with E-state index in [1.807, 2.05) is 0 Å². The van der Waals surface area contributed by atoms with Crippen LogP contribution in [0.15, 0.2) is 42.9 Å². The first kappa shape index (κ1) is 26.2. The number of aliphatic hydroxyl groups is 1. The van der Waals surface area contributed by atoms with Crippen molar-refractivity contribution >= 4 is 34.1 Å². The molecule has 13 heteroatoms. The lowest BCUT2D eigenvalue weighted by atomic mass is 10.0. The number of nitrogens with zero attached hydrogens (tertiary/aromatic N) is 4. The maximum Gasteiger partial charge on any atom is 0.322 e. The first-order valence-electron chi connectivity index (χ1n) is 11.2. The number of carbonyl (C=O) groups excluding carboxylic acids is 1.